The molecule has 0 saturated carbocycles. The quantitative estimate of drug-likeness (QED) is 0.764. The van der Waals surface area contributed by atoms with E-state index in [1.54, 1.807) is 31.2 Å². The molecule has 0 aliphatic rings. The summed E-state index contributed by atoms with van der Waals surface area (Å²) in [7, 11) is -3.76. The predicted molar refractivity (Wildman–Crippen MR) is 83.0 cm³/mol. The fraction of sp³-hybridized carbons (Fsp3) is 0.250. The Morgan fingerprint density at radius 3 is 2.71 bits per heavy atom. The summed E-state index contributed by atoms with van der Waals surface area (Å²) in [5.74, 6) is 0. The lowest BCUT2D eigenvalue weighted by molar-refractivity contribution is 0.0716. The van der Waals surface area contributed by atoms with Crippen LogP contribution in [0.2, 0.25) is 5.02 Å². The van der Waals surface area contributed by atoms with Gasteiger partial charge in [0.2, 0.25) is 10.0 Å². The highest BCUT2D eigenvalue weighted by Crippen LogP contribution is 2.29. The molecular weight excluding hydrogens is 334 g/mol. The van der Waals surface area contributed by atoms with Gasteiger partial charge in [0.1, 0.15) is 5.60 Å². The third-order valence-corrected chi connectivity index (χ3v) is 5.50. The highest BCUT2D eigenvalue weighted by Gasteiger charge is 2.26. The van der Waals surface area contributed by atoms with Crippen molar-refractivity contribution in [2.75, 3.05) is 11.9 Å². The molecule has 1 aromatic heterocycles. The monoisotopic (exact) mass is 347 g/mol. The molecule has 0 aliphatic carbocycles. The maximum absolute atomic E-state index is 11.2. The number of nitrogens with one attached hydrogen (secondary N) is 1. The van der Waals surface area contributed by atoms with Crippen LogP contribution in [0, 0.1) is 0 Å². The van der Waals surface area contributed by atoms with E-state index in [1.165, 1.54) is 6.20 Å². The van der Waals surface area contributed by atoms with E-state index in [0.29, 0.717) is 15.7 Å². The smallest absolute Gasteiger partial charge is 0.249 e. The molecule has 1 heterocycles. The number of nitrogens with two attached hydrogens (primary N) is 1. The first-order valence-corrected chi connectivity index (χ1v) is 8.64. The normalized spacial score (nSPS) is 14.7. The summed E-state index contributed by atoms with van der Waals surface area (Å²) in [6.45, 7) is 1.73. The number of nitrogens with zero attached hydrogens (tertiary/aromatic N) is 1. The average molecular weight is 348 g/mol. The molecule has 6 nitrogen and oxygen atoms in total. The number of hydrogen-bond acceptors (Lipinski definition) is 6. The number of primary sulfonamides is 1. The van der Waals surface area contributed by atoms with E-state index in [1.807, 2.05) is 0 Å². The van der Waals surface area contributed by atoms with E-state index in [2.05, 4.69) is 10.3 Å². The van der Waals surface area contributed by atoms with Crippen molar-refractivity contribution in [3.63, 3.8) is 0 Å². The number of aliphatic hydroxyl groups is 1. The summed E-state index contributed by atoms with van der Waals surface area (Å²) >= 11 is 6.96. The molecule has 114 valence electrons. The standard InChI is InChI=1S/C12H14ClN3O3S2/c1-12(17,8-4-2-3-5-9(8)13)7-16-11-15-6-10(20-11)21(14,18)19/h2-6,17H,7H2,1H3,(H,15,16)(H2,14,18,19). The third kappa shape index (κ3) is 3.92. The van der Waals surface area contributed by atoms with Gasteiger partial charge in [0.25, 0.3) is 0 Å². The Morgan fingerprint density at radius 1 is 1.48 bits per heavy atom. The maximum Gasteiger partial charge on any atom is 0.249 e. The first-order valence-electron chi connectivity index (χ1n) is 5.90. The summed E-state index contributed by atoms with van der Waals surface area (Å²) in [4.78, 5) is 3.91. The lowest BCUT2D eigenvalue weighted by atomic mass is 9.96. The van der Waals surface area contributed by atoms with Gasteiger partial charge in [-0.2, -0.15) is 0 Å². The minimum absolute atomic E-state index is 0.0395. The molecule has 1 aromatic carbocycles. The van der Waals surface area contributed by atoms with Crippen LogP contribution in [-0.2, 0) is 15.6 Å². The Kier molecular flexibility index (Phi) is 4.54. The number of rotatable bonds is 5. The Morgan fingerprint density at radius 2 is 2.14 bits per heavy atom. The van der Waals surface area contributed by atoms with Crippen molar-refractivity contribution in [1.82, 2.24) is 4.98 Å². The van der Waals surface area contributed by atoms with Crippen molar-refractivity contribution in [3.05, 3.63) is 41.0 Å². The van der Waals surface area contributed by atoms with E-state index < -0.39 is 15.6 Å². The summed E-state index contributed by atoms with van der Waals surface area (Å²) < 4.78 is 22.3. The molecule has 21 heavy (non-hydrogen) atoms. The topological polar surface area (TPSA) is 105 Å². The van der Waals surface area contributed by atoms with Gasteiger partial charge < -0.3 is 10.4 Å². The Bertz CT molecular complexity index is 744. The predicted octanol–water partition coefficient (Wildman–Crippen LogP) is 1.76. The van der Waals surface area contributed by atoms with Crippen LogP contribution in [-0.4, -0.2) is 25.1 Å². The number of hydrogen-bond donors (Lipinski definition) is 3. The van der Waals surface area contributed by atoms with Crippen molar-refractivity contribution in [1.29, 1.82) is 0 Å². The van der Waals surface area contributed by atoms with Gasteiger partial charge in [-0.3, -0.25) is 0 Å². The lowest BCUT2D eigenvalue weighted by Crippen LogP contribution is -2.31. The highest BCUT2D eigenvalue weighted by atomic mass is 35.5. The SMILES string of the molecule is CC(O)(CNc1ncc(S(N)(=O)=O)s1)c1ccccc1Cl. The number of sulfonamides is 1. The van der Waals surface area contributed by atoms with E-state index in [9.17, 15) is 13.5 Å². The summed E-state index contributed by atoms with van der Waals surface area (Å²) in [5, 5.41) is 19.2. The molecule has 0 bridgehead atoms. The fourth-order valence-electron chi connectivity index (χ4n) is 1.71. The Balaban J connectivity index is 2.12. The minimum atomic E-state index is -3.76. The largest absolute Gasteiger partial charge is 0.384 e. The highest BCUT2D eigenvalue weighted by molar-refractivity contribution is 7.91. The fourth-order valence-corrected chi connectivity index (χ4v) is 3.50. The van der Waals surface area contributed by atoms with Gasteiger partial charge >= 0.3 is 0 Å². The van der Waals surface area contributed by atoms with Crippen molar-refractivity contribution in [3.8, 4) is 0 Å². The first-order chi connectivity index (χ1) is 9.70. The molecule has 9 heteroatoms. The molecule has 0 radical (unpaired) electrons. The van der Waals surface area contributed by atoms with Gasteiger partial charge in [-0.15, -0.1) is 0 Å². The second-order valence-electron chi connectivity index (χ2n) is 4.64. The van der Waals surface area contributed by atoms with Gasteiger partial charge in [-0.05, 0) is 13.0 Å². The van der Waals surface area contributed by atoms with E-state index in [0.717, 1.165) is 11.3 Å². The number of thiazole rings is 1. The average Bonchev–Trinajstić information content (AvgIpc) is 2.85. The van der Waals surface area contributed by atoms with Crippen LogP contribution in [0.5, 0.6) is 0 Å². The molecule has 4 N–H and O–H groups in total. The van der Waals surface area contributed by atoms with Crippen LogP contribution in [0.3, 0.4) is 0 Å². The Labute approximate surface area is 131 Å². The van der Waals surface area contributed by atoms with Gasteiger partial charge in [0, 0.05) is 17.1 Å². The molecule has 1 unspecified atom stereocenters. The zero-order chi connectivity index (χ0) is 15.7. The van der Waals surface area contributed by atoms with Crippen LogP contribution in [0.1, 0.15) is 12.5 Å². The van der Waals surface area contributed by atoms with Gasteiger partial charge in [-0.25, -0.2) is 18.5 Å². The van der Waals surface area contributed by atoms with Crippen molar-refractivity contribution < 1.29 is 13.5 Å². The van der Waals surface area contributed by atoms with Gasteiger partial charge in [0.05, 0.1) is 6.20 Å². The van der Waals surface area contributed by atoms with Crippen LogP contribution in [0.4, 0.5) is 5.13 Å². The number of halogens is 1. The second kappa shape index (κ2) is 5.90. The van der Waals surface area contributed by atoms with Crippen LogP contribution >= 0.6 is 22.9 Å². The summed E-state index contributed by atoms with van der Waals surface area (Å²) in [6, 6.07) is 6.96. The van der Waals surface area contributed by atoms with Crippen molar-refractivity contribution in [2.24, 2.45) is 5.14 Å². The number of anilines is 1. The molecule has 2 rings (SSSR count). The molecule has 0 spiro atoms. The third-order valence-electron chi connectivity index (χ3n) is 2.80. The summed E-state index contributed by atoms with van der Waals surface area (Å²) in [6.07, 6.45) is 1.17. The maximum atomic E-state index is 11.2. The van der Waals surface area contributed by atoms with Crippen LogP contribution in [0.25, 0.3) is 0 Å². The lowest BCUT2D eigenvalue weighted by Gasteiger charge is -2.25. The molecule has 0 aliphatic heterocycles. The zero-order valence-electron chi connectivity index (χ0n) is 11.1. The van der Waals surface area contributed by atoms with E-state index in [4.69, 9.17) is 16.7 Å². The van der Waals surface area contributed by atoms with E-state index >= 15 is 0 Å². The molecule has 1 atom stereocenters. The minimum Gasteiger partial charge on any atom is -0.384 e. The Hall–Kier alpha value is -1.19. The molecule has 2 aromatic rings. The number of benzene rings is 1. The van der Waals surface area contributed by atoms with Gasteiger partial charge in [-0.1, -0.05) is 41.1 Å². The molecule has 0 amide bonds. The van der Waals surface area contributed by atoms with Crippen LogP contribution in [0.15, 0.2) is 34.7 Å². The number of aromatic nitrogens is 1. The zero-order valence-corrected chi connectivity index (χ0v) is 13.5. The first kappa shape index (κ1) is 16.2. The van der Waals surface area contributed by atoms with Crippen molar-refractivity contribution in [2.45, 2.75) is 16.7 Å². The molecule has 0 saturated heterocycles. The second-order valence-corrected chi connectivity index (χ2v) is 7.86. The van der Waals surface area contributed by atoms with Crippen LogP contribution < -0.4 is 10.5 Å². The van der Waals surface area contributed by atoms with Gasteiger partial charge in [0.15, 0.2) is 9.34 Å². The summed E-state index contributed by atoms with van der Waals surface area (Å²) in [5.41, 5.74) is -0.659. The van der Waals surface area contributed by atoms with Crippen molar-refractivity contribution >= 4 is 38.1 Å². The molecule has 0 fully saturated rings. The van der Waals surface area contributed by atoms with E-state index in [-0.39, 0.29) is 10.8 Å². The molecular formula is C12H14ClN3O3S2.